The Balaban J connectivity index is 2.04. The quantitative estimate of drug-likeness (QED) is 0.596. The molecule has 5 atom stereocenters. The molecule has 140 valence electrons. The number of rotatable bonds is 5. The van der Waals surface area contributed by atoms with Gasteiger partial charge in [0, 0.05) is 0 Å². The van der Waals surface area contributed by atoms with Crippen molar-refractivity contribution in [1.82, 2.24) is 0 Å². The molecule has 2 heterocycles. The third-order valence-electron chi connectivity index (χ3n) is 6.32. The van der Waals surface area contributed by atoms with Gasteiger partial charge < -0.3 is 19.0 Å². The van der Waals surface area contributed by atoms with Gasteiger partial charge in [-0.15, -0.1) is 0 Å². The molecule has 24 heavy (non-hydrogen) atoms. The van der Waals surface area contributed by atoms with Crippen LogP contribution in [0.4, 0.5) is 0 Å². The van der Waals surface area contributed by atoms with Crippen LogP contribution in [0.25, 0.3) is 0 Å². The second kappa shape index (κ2) is 6.51. The van der Waals surface area contributed by atoms with E-state index in [2.05, 4.69) is 54.6 Å². The van der Waals surface area contributed by atoms with E-state index in [9.17, 15) is 5.11 Å². The monoisotopic (exact) mass is 356 g/mol. The molecule has 0 aromatic heterocycles. The van der Waals surface area contributed by atoms with Gasteiger partial charge in [0.25, 0.3) is 0 Å². The van der Waals surface area contributed by atoms with Crippen LogP contribution in [0.3, 0.4) is 0 Å². The van der Waals surface area contributed by atoms with E-state index in [4.69, 9.17) is 13.9 Å². The van der Waals surface area contributed by atoms with E-state index >= 15 is 0 Å². The average Bonchev–Trinajstić information content (AvgIpc) is 3.03. The SMILES string of the molecule is C[C@@H](O[Si](C)(C)C(C)(C)C)[C@]1(C)CC[C@H]([C@]2(C)C=C[C@@H](CO)O2)O1. The van der Waals surface area contributed by atoms with E-state index in [0.29, 0.717) is 0 Å². The molecule has 0 aromatic carbocycles. The predicted octanol–water partition coefficient (Wildman–Crippen LogP) is 4.04. The summed E-state index contributed by atoms with van der Waals surface area (Å²) < 4.78 is 19.1. The van der Waals surface area contributed by atoms with Gasteiger partial charge >= 0.3 is 0 Å². The third kappa shape index (κ3) is 3.80. The van der Waals surface area contributed by atoms with E-state index < -0.39 is 13.9 Å². The Morgan fingerprint density at radius 2 is 1.92 bits per heavy atom. The fourth-order valence-corrected chi connectivity index (χ4v) is 4.78. The van der Waals surface area contributed by atoms with Crippen molar-refractivity contribution in [2.75, 3.05) is 6.61 Å². The number of hydrogen-bond donors (Lipinski definition) is 1. The molecule has 2 aliphatic rings. The first kappa shape index (κ1) is 20.1. The zero-order valence-corrected chi connectivity index (χ0v) is 17.7. The smallest absolute Gasteiger partial charge is 0.192 e. The second-order valence-corrected chi connectivity index (χ2v) is 14.1. The van der Waals surface area contributed by atoms with Gasteiger partial charge in [0.15, 0.2) is 8.32 Å². The number of ether oxygens (including phenoxy) is 2. The van der Waals surface area contributed by atoms with Gasteiger partial charge in [0.05, 0.1) is 24.4 Å². The summed E-state index contributed by atoms with van der Waals surface area (Å²) in [5.41, 5.74) is -0.750. The van der Waals surface area contributed by atoms with Gasteiger partial charge in [0.1, 0.15) is 11.7 Å². The lowest BCUT2D eigenvalue weighted by atomic mass is 9.93. The first-order valence-electron chi connectivity index (χ1n) is 9.17. The Labute approximate surface area is 148 Å². The van der Waals surface area contributed by atoms with Crippen LogP contribution in [0, 0.1) is 0 Å². The third-order valence-corrected chi connectivity index (χ3v) is 10.9. The standard InChI is InChI=1S/C19H36O4Si/c1-14(23-24(7,8)17(2,3)4)18(5)12-10-16(22-18)19(6)11-9-15(13-20)21-19/h9,11,14-16,20H,10,12-13H2,1-8H3/t14-,15+,16-,18+,19+/m1/s1. The molecule has 0 unspecified atom stereocenters. The molecule has 0 bridgehead atoms. The molecule has 1 fully saturated rings. The van der Waals surface area contributed by atoms with E-state index in [0.717, 1.165) is 12.8 Å². The van der Waals surface area contributed by atoms with Crippen molar-refractivity contribution >= 4 is 8.32 Å². The van der Waals surface area contributed by atoms with Gasteiger partial charge in [-0.05, 0) is 51.7 Å². The summed E-state index contributed by atoms with van der Waals surface area (Å²) in [6, 6.07) is 0. The minimum absolute atomic E-state index is 0.000709. The molecule has 0 aromatic rings. The molecule has 5 heteroatoms. The second-order valence-electron chi connectivity index (χ2n) is 9.36. The minimum Gasteiger partial charge on any atom is -0.411 e. The van der Waals surface area contributed by atoms with Gasteiger partial charge in [-0.1, -0.05) is 32.9 Å². The fraction of sp³-hybridized carbons (Fsp3) is 0.895. The van der Waals surface area contributed by atoms with E-state index in [1.54, 1.807) is 0 Å². The molecule has 2 aliphatic heterocycles. The van der Waals surface area contributed by atoms with Crippen molar-refractivity contribution in [3.63, 3.8) is 0 Å². The maximum Gasteiger partial charge on any atom is 0.192 e. The van der Waals surface area contributed by atoms with Gasteiger partial charge in [-0.3, -0.25) is 0 Å². The molecule has 0 radical (unpaired) electrons. The predicted molar refractivity (Wildman–Crippen MR) is 99.8 cm³/mol. The van der Waals surface area contributed by atoms with E-state index in [1.165, 1.54) is 0 Å². The van der Waals surface area contributed by atoms with Crippen molar-refractivity contribution < 1.29 is 19.0 Å². The molecule has 4 nitrogen and oxygen atoms in total. The van der Waals surface area contributed by atoms with Crippen LogP contribution in [0.2, 0.25) is 18.1 Å². The lowest BCUT2D eigenvalue weighted by molar-refractivity contribution is -0.160. The van der Waals surface area contributed by atoms with Crippen molar-refractivity contribution in [3.8, 4) is 0 Å². The summed E-state index contributed by atoms with van der Waals surface area (Å²) in [6.45, 7) is 17.7. The zero-order chi connectivity index (χ0) is 18.4. The van der Waals surface area contributed by atoms with Gasteiger partial charge in [-0.25, -0.2) is 0 Å². The lowest BCUT2D eigenvalue weighted by Gasteiger charge is -2.43. The molecule has 0 aliphatic carbocycles. The Morgan fingerprint density at radius 3 is 2.42 bits per heavy atom. The summed E-state index contributed by atoms with van der Waals surface area (Å²) in [5, 5.41) is 9.49. The maximum absolute atomic E-state index is 9.30. The highest BCUT2D eigenvalue weighted by Crippen LogP contribution is 2.44. The molecule has 2 rings (SSSR count). The molecular formula is C19H36O4Si. The van der Waals surface area contributed by atoms with Crippen LogP contribution < -0.4 is 0 Å². The molecule has 0 spiro atoms. The van der Waals surface area contributed by atoms with Crippen molar-refractivity contribution in [3.05, 3.63) is 12.2 Å². The van der Waals surface area contributed by atoms with Crippen LogP contribution in [-0.4, -0.2) is 49.5 Å². The molecule has 1 N–H and O–H groups in total. The molecule has 1 saturated heterocycles. The fourth-order valence-electron chi connectivity index (χ4n) is 3.29. The maximum atomic E-state index is 9.30. The number of aliphatic hydroxyl groups excluding tert-OH is 1. The van der Waals surface area contributed by atoms with E-state index in [-0.39, 0.29) is 35.6 Å². The lowest BCUT2D eigenvalue weighted by Crippen LogP contribution is -2.51. The number of hydrogen-bond acceptors (Lipinski definition) is 4. The van der Waals surface area contributed by atoms with Crippen molar-refractivity contribution in [2.45, 2.75) is 102 Å². The summed E-state index contributed by atoms with van der Waals surface area (Å²) in [6.07, 6.45) is 5.72. The first-order valence-corrected chi connectivity index (χ1v) is 12.1. The van der Waals surface area contributed by atoms with Crippen LogP contribution in [0.1, 0.15) is 54.4 Å². The Bertz CT molecular complexity index is 484. The number of aliphatic hydroxyl groups is 1. The topological polar surface area (TPSA) is 47.9 Å². The zero-order valence-electron chi connectivity index (χ0n) is 16.7. The highest BCUT2D eigenvalue weighted by atomic mass is 28.4. The largest absolute Gasteiger partial charge is 0.411 e. The summed E-state index contributed by atoms with van der Waals surface area (Å²) in [4.78, 5) is 0. The highest BCUT2D eigenvalue weighted by molar-refractivity contribution is 6.74. The van der Waals surface area contributed by atoms with Crippen LogP contribution in [0.5, 0.6) is 0 Å². The van der Waals surface area contributed by atoms with Gasteiger partial charge in [-0.2, -0.15) is 0 Å². The summed E-state index contributed by atoms with van der Waals surface area (Å²) in [7, 11) is -1.83. The molecular weight excluding hydrogens is 320 g/mol. The highest BCUT2D eigenvalue weighted by Gasteiger charge is 2.51. The van der Waals surface area contributed by atoms with E-state index in [1.807, 2.05) is 12.2 Å². The first-order chi connectivity index (χ1) is 10.8. The van der Waals surface area contributed by atoms with Crippen LogP contribution >= 0.6 is 0 Å². The normalized spacial score (nSPS) is 38.7. The summed E-state index contributed by atoms with van der Waals surface area (Å²) in [5.74, 6) is 0. The van der Waals surface area contributed by atoms with Crippen molar-refractivity contribution in [2.24, 2.45) is 0 Å². The Kier molecular flexibility index (Phi) is 5.45. The molecule has 0 saturated carbocycles. The van der Waals surface area contributed by atoms with Crippen LogP contribution in [-0.2, 0) is 13.9 Å². The van der Waals surface area contributed by atoms with Gasteiger partial charge in [0.2, 0.25) is 0 Å². The Hall–Kier alpha value is -0.203. The molecule has 0 amide bonds. The van der Waals surface area contributed by atoms with Crippen molar-refractivity contribution in [1.29, 1.82) is 0 Å². The Morgan fingerprint density at radius 1 is 1.29 bits per heavy atom. The van der Waals surface area contributed by atoms with Crippen LogP contribution in [0.15, 0.2) is 12.2 Å². The summed E-state index contributed by atoms with van der Waals surface area (Å²) >= 11 is 0. The average molecular weight is 357 g/mol. The minimum atomic E-state index is -1.83.